The van der Waals surface area contributed by atoms with Gasteiger partial charge in [0.1, 0.15) is 5.54 Å². The molecule has 1 aliphatic carbocycles. The van der Waals surface area contributed by atoms with E-state index in [1.165, 1.54) is 16.9 Å². The van der Waals surface area contributed by atoms with Gasteiger partial charge in [0.2, 0.25) is 5.91 Å². The van der Waals surface area contributed by atoms with Gasteiger partial charge in [0.05, 0.1) is 12.1 Å². The number of hydrogen-bond donors (Lipinski definition) is 1. The molecule has 0 unspecified atom stereocenters. The Hall–Kier alpha value is -1.38. The molecule has 0 radical (unpaired) electrons. The van der Waals surface area contributed by atoms with E-state index in [9.17, 15) is 10.1 Å². The third-order valence-corrected chi connectivity index (χ3v) is 6.07. The van der Waals surface area contributed by atoms with Gasteiger partial charge in [-0.25, -0.2) is 0 Å². The van der Waals surface area contributed by atoms with E-state index in [4.69, 9.17) is 0 Å². The molecule has 0 saturated heterocycles. The Kier molecular flexibility index (Phi) is 4.51. The van der Waals surface area contributed by atoms with Gasteiger partial charge in [0.15, 0.2) is 0 Å². The molecule has 1 fully saturated rings. The normalized spacial score (nSPS) is 22.4. The van der Waals surface area contributed by atoms with Crippen LogP contribution < -0.4 is 5.32 Å². The smallest absolute Gasteiger partial charge is 0.238 e. The van der Waals surface area contributed by atoms with E-state index in [0.29, 0.717) is 0 Å². The highest BCUT2D eigenvalue weighted by atomic mass is 32.1. The van der Waals surface area contributed by atoms with E-state index in [1.807, 2.05) is 18.3 Å². The molecule has 1 atom stereocenters. The second kappa shape index (κ2) is 6.39. The van der Waals surface area contributed by atoms with Gasteiger partial charge < -0.3 is 5.32 Å². The van der Waals surface area contributed by atoms with Crippen LogP contribution in [0, 0.1) is 11.3 Å². The molecule has 0 spiro atoms. The predicted molar refractivity (Wildman–Crippen MR) is 87.5 cm³/mol. The third kappa shape index (κ3) is 3.04. The van der Waals surface area contributed by atoms with Crippen LogP contribution in [0.5, 0.6) is 0 Å². The van der Waals surface area contributed by atoms with Crippen LogP contribution in [0.2, 0.25) is 0 Å². The molecule has 0 bridgehead atoms. The maximum Gasteiger partial charge on any atom is 0.238 e. The highest BCUT2D eigenvalue weighted by molar-refractivity contribution is 7.10. The van der Waals surface area contributed by atoms with Gasteiger partial charge >= 0.3 is 0 Å². The van der Waals surface area contributed by atoms with Crippen LogP contribution in [0.15, 0.2) is 11.4 Å². The molecule has 0 aromatic carbocycles. The first-order valence-corrected chi connectivity index (χ1v) is 9.04. The summed E-state index contributed by atoms with van der Waals surface area (Å²) in [6, 6.07) is 4.35. The zero-order valence-corrected chi connectivity index (χ0v) is 13.9. The largest absolute Gasteiger partial charge is 0.336 e. The van der Waals surface area contributed by atoms with E-state index < -0.39 is 5.54 Å². The number of hydrogen-bond acceptors (Lipinski definition) is 4. The molecular formula is C17H23N3OS. The second-order valence-electron chi connectivity index (χ2n) is 6.51. The average molecular weight is 317 g/mol. The van der Waals surface area contributed by atoms with Crippen molar-refractivity contribution in [2.45, 2.75) is 63.6 Å². The number of nitriles is 1. The van der Waals surface area contributed by atoms with Gasteiger partial charge in [-0.15, -0.1) is 11.3 Å². The molecule has 1 aliphatic heterocycles. The van der Waals surface area contributed by atoms with Crippen molar-refractivity contribution in [3.05, 3.63) is 21.9 Å². The number of thiophene rings is 1. The summed E-state index contributed by atoms with van der Waals surface area (Å²) in [5.74, 6) is 0.00197. The summed E-state index contributed by atoms with van der Waals surface area (Å²) in [6.07, 6.45) is 5.83. The Morgan fingerprint density at radius 2 is 2.23 bits per heavy atom. The Bertz CT molecular complexity index is 583. The molecule has 2 heterocycles. The van der Waals surface area contributed by atoms with E-state index in [1.54, 1.807) is 0 Å². The van der Waals surface area contributed by atoms with Crippen LogP contribution in [0.25, 0.3) is 0 Å². The number of amides is 1. The lowest BCUT2D eigenvalue weighted by atomic mass is 9.82. The molecular weight excluding hydrogens is 294 g/mol. The highest BCUT2D eigenvalue weighted by Gasteiger charge is 2.36. The third-order valence-electron chi connectivity index (χ3n) is 5.05. The van der Waals surface area contributed by atoms with Gasteiger partial charge in [0, 0.05) is 18.0 Å². The average Bonchev–Trinajstić information content (AvgIpc) is 3.02. The van der Waals surface area contributed by atoms with Crippen LogP contribution in [0.3, 0.4) is 0 Å². The van der Waals surface area contributed by atoms with E-state index >= 15 is 0 Å². The first kappa shape index (κ1) is 15.5. The van der Waals surface area contributed by atoms with Gasteiger partial charge in [-0.05, 0) is 43.2 Å². The lowest BCUT2D eigenvalue weighted by molar-refractivity contribution is -0.128. The zero-order chi connectivity index (χ0) is 15.6. The summed E-state index contributed by atoms with van der Waals surface area (Å²) >= 11 is 1.81. The molecule has 1 aromatic heterocycles. The SMILES string of the molecule is C[C@@H](C(=O)NC1(C#N)CCCCC1)N1CCc2sccc2C1. The Morgan fingerprint density at radius 1 is 1.45 bits per heavy atom. The Balaban J connectivity index is 1.64. The van der Waals surface area contributed by atoms with Crippen LogP contribution in [0.4, 0.5) is 0 Å². The number of nitrogens with one attached hydrogen (secondary N) is 1. The van der Waals surface area contributed by atoms with Crippen molar-refractivity contribution >= 4 is 17.2 Å². The molecule has 3 rings (SSSR count). The topological polar surface area (TPSA) is 56.1 Å². The van der Waals surface area contributed by atoms with Gasteiger partial charge in [0.25, 0.3) is 0 Å². The molecule has 1 saturated carbocycles. The lowest BCUT2D eigenvalue weighted by Crippen LogP contribution is -2.55. The summed E-state index contributed by atoms with van der Waals surface area (Å²) in [5.41, 5.74) is 0.718. The van der Waals surface area contributed by atoms with Crippen molar-refractivity contribution in [2.24, 2.45) is 0 Å². The van der Waals surface area contributed by atoms with Crippen LogP contribution in [0.1, 0.15) is 49.5 Å². The van der Waals surface area contributed by atoms with E-state index in [-0.39, 0.29) is 11.9 Å². The first-order valence-electron chi connectivity index (χ1n) is 8.16. The fourth-order valence-corrected chi connectivity index (χ4v) is 4.42. The van der Waals surface area contributed by atoms with E-state index in [2.05, 4.69) is 27.7 Å². The van der Waals surface area contributed by atoms with Crippen LogP contribution >= 0.6 is 11.3 Å². The number of fused-ring (bicyclic) bond motifs is 1. The zero-order valence-electron chi connectivity index (χ0n) is 13.1. The van der Waals surface area contributed by atoms with Gasteiger partial charge in [-0.3, -0.25) is 9.69 Å². The van der Waals surface area contributed by atoms with Crippen molar-refractivity contribution in [3.8, 4) is 6.07 Å². The van der Waals surface area contributed by atoms with Crippen LogP contribution in [-0.2, 0) is 17.8 Å². The fraction of sp³-hybridized carbons (Fsp3) is 0.647. The number of nitrogens with zero attached hydrogens (tertiary/aromatic N) is 2. The second-order valence-corrected chi connectivity index (χ2v) is 7.51. The standard InChI is InChI=1S/C17H23N3OS/c1-13(20-9-5-15-14(11-20)6-10-22-15)16(21)19-17(12-18)7-3-2-4-8-17/h6,10,13H,2-5,7-9,11H2,1H3,(H,19,21)/t13-/m0/s1. The molecule has 1 aromatic rings. The molecule has 1 N–H and O–H groups in total. The minimum absolute atomic E-state index is 0.00197. The molecule has 2 aliphatic rings. The number of carbonyl (C=O) groups is 1. The monoisotopic (exact) mass is 317 g/mol. The minimum atomic E-state index is -0.632. The molecule has 1 amide bonds. The maximum absolute atomic E-state index is 12.6. The summed E-state index contributed by atoms with van der Waals surface area (Å²) in [5, 5.41) is 14.7. The van der Waals surface area contributed by atoms with Crippen molar-refractivity contribution < 1.29 is 4.79 Å². The van der Waals surface area contributed by atoms with Crippen molar-refractivity contribution in [2.75, 3.05) is 6.54 Å². The van der Waals surface area contributed by atoms with Crippen molar-refractivity contribution in [1.82, 2.24) is 10.2 Å². The molecule has 4 nitrogen and oxygen atoms in total. The van der Waals surface area contributed by atoms with Crippen molar-refractivity contribution in [1.29, 1.82) is 5.26 Å². The first-order chi connectivity index (χ1) is 10.6. The molecule has 118 valence electrons. The summed E-state index contributed by atoms with van der Waals surface area (Å²) in [7, 11) is 0. The summed E-state index contributed by atoms with van der Waals surface area (Å²) < 4.78 is 0. The summed E-state index contributed by atoms with van der Waals surface area (Å²) in [4.78, 5) is 16.3. The number of carbonyl (C=O) groups excluding carboxylic acids is 1. The summed E-state index contributed by atoms with van der Waals surface area (Å²) in [6.45, 7) is 3.72. The Labute approximate surface area is 136 Å². The number of rotatable bonds is 3. The van der Waals surface area contributed by atoms with E-state index in [0.717, 1.165) is 45.2 Å². The molecule has 22 heavy (non-hydrogen) atoms. The quantitative estimate of drug-likeness (QED) is 0.932. The predicted octanol–water partition coefficient (Wildman–Crippen LogP) is 2.84. The van der Waals surface area contributed by atoms with Gasteiger partial charge in [-0.2, -0.15) is 5.26 Å². The minimum Gasteiger partial charge on any atom is -0.336 e. The lowest BCUT2D eigenvalue weighted by Gasteiger charge is -2.36. The van der Waals surface area contributed by atoms with Crippen LogP contribution in [-0.4, -0.2) is 28.9 Å². The maximum atomic E-state index is 12.6. The molecule has 5 heteroatoms. The van der Waals surface area contributed by atoms with Crippen molar-refractivity contribution in [3.63, 3.8) is 0 Å². The Morgan fingerprint density at radius 3 is 2.95 bits per heavy atom. The van der Waals surface area contributed by atoms with Gasteiger partial charge in [-0.1, -0.05) is 19.3 Å². The fourth-order valence-electron chi connectivity index (χ4n) is 3.53. The highest BCUT2D eigenvalue weighted by Crippen LogP contribution is 2.29.